The zero-order valence-corrected chi connectivity index (χ0v) is 14.5. The Labute approximate surface area is 126 Å². The number of carboxylic acids is 1. The van der Waals surface area contributed by atoms with Crippen molar-refractivity contribution in [3.05, 3.63) is 0 Å². The monoisotopic (exact) mass is 296 g/mol. The van der Waals surface area contributed by atoms with Gasteiger partial charge in [0.2, 0.25) is 0 Å². The average molecular weight is 297 g/mol. The highest BCUT2D eigenvalue weighted by atomic mass is 28.3. The van der Waals surface area contributed by atoms with Gasteiger partial charge >= 0.3 is 5.97 Å². The fourth-order valence-electron chi connectivity index (χ4n) is 4.35. The molecule has 0 atom stereocenters. The SMILES string of the molecule is CC(C)CC[SiH]1CCC(C2CCC(C(=O)O)CC2)CC1. The fraction of sp³-hybridized carbons (Fsp3) is 0.941. The van der Waals surface area contributed by atoms with Crippen LogP contribution in [0.15, 0.2) is 0 Å². The van der Waals surface area contributed by atoms with Crippen molar-refractivity contribution < 1.29 is 9.90 Å². The van der Waals surface area contributed by atoms with Crippen LogP contribution in [0.3, 0.4) is 0 Å². The summed E-state index contributed by atoms with van der Waals surface area (Å²) in [6, 6.07) is 4.70. The Bertz CT molecular complexity index is 300. The molecule has 1 saturated heterocycles. The van der Waals surface area contributed by atoms with E-state index in [1.54, 1.807) is 18.1 Å². The molecular formula is C17H32O2Si. The van der Waals surface area contributed by atoms with Gasteiger partial charge in [-0.1, -0.05) is 51.2 Å². The van der Waals surface area contributed by atoms with Gasteiger partial charge in [0, 0.05) is 8.80 Å². The summed E-state index contributed by atoms with van der Waals surface area (Å²) in [5.41, 5.74) is 0. The Morgan fingerprint density at radius 2 is 1.60 bits per heavy atom. The number of aliphatic carboxylic acids is 1. The lowest BCUT2D eigenvalue weighted by Crippen LogP contribution is -2.30. The molecule has 2 aliphatic rings. The van der Waals surface area contributed by atoms with Crippen LogP contribution in [0, 0.1) is 23.7 Å². The van der Waals surface area contributed by atoms with E-state index in [0.29, 0.717) is 0 Å². The molecule has 0 bridgehead atoms. The molecule has 2 fully saturated rings. The second-order valence-electron chi connectivity index (χ2n) is 7.70. The van der Waals surface area contributed by atoms with Gasteiger partial charge in [0.25, 0.3) is 0 Å². The van der Waals surface area contributed by atoms with Crippen LogP contribution in [0.25, 0.3) is 0 Å². The van der Waals surface area contributed by atoms with Gasteiger partial charge in [-0.05, 0) is 43.4 Å². The molecule has 116 valence electrons. The smallest absolute Gasteiger partial charge is 0.306 e. The van der Waals surface area contributed by atoms with Crippen molar-refractivity contribution in [2.24, 2.45) is 23.7 Å². The molecule has 20 heavy (non-hydrogen) atoms. The molecule has 1 saturated carbocycles. The highest BCUT2D eigenvalue weighted by Gasteiger charge is 2.32. The molecule has 2 nitrogen and oxygen atoms in total. The first kappa shape index (κ1) is 16.1. The lowest BCUT2D eigenvalue weighted by Gasteiger charge is -2.37. The summed E-state index contributed by atoms with van der Waals surface area (Å²) in [6.45, 7) is 4.70. The van der Waals surface area contributed by atoms with E-state index in [1.807, 2.05) is 0 Å². The molecule has 2 rings (SSSR count). The Kier molecular flexibility index (Phi) is 6.13. The number of hydrogen-bond donors (Lipinski definition) is 1. The number of hydrogen-bond acceptors (Lipinski definition) is 1. The lowest BCUT2D eigenvalue weighted by molar-refractivity contribution is -0.143. The Hall–Kier alpha value is -0.313. The van der Waals surface area contributed by atoms with Crippen molar-refractivity contribution in [2.45, 2.75) is 76.9 Å². The van der Waals surface area contributed by atoms with Gasteiger partial charge in [0.1, 0.15) is 0 Å². The molecule has 3 heteroatoms. The summed E-state index contributed by atoms with van der Waals surface area (Å²) in [4.78, 5) is 11.0. The highest BCUT2D eigenvalue weighted by molar-refractivity contribution is 6.58. The quantitative estimate of drug-likeness (QED) is 0.755. The molecular weight excluding hydrogens is 264 g/mol. The van der Waals surface area contributed by atoms with Crippen LogP contribution in [0.1, 0.15) is 58.8 Å². The van der Waals surface area contributed by atoms with Crippen molar-refractivity contribution >= 4 is 14.8 Å². The largest absolute Gasteiger partial charge is 0.481 e. The summed E-state index contributed by atoms with van der Waals surface area (Å²) < 4.78 is 0. The molecule has 0 radical (unpaired) electrons. The average Bonchev–Trinajstić information content (AvgIpc) is 2.46. The second kappa shape index (κ2) is 7.63. The standard InChI is InChI=1S/C17H32O2Si/c1-13(2)7-10-20-11-8-15(9-12-20)14-3-5-16(6-4-14)17(18)19/h13-16,20H,3-12H2,1-2H3,(H,18,19). The van der Waals surface area contributed by atoms with E-state index in [4.69, 9.17) is 5.11 Å². The Morgan fingerprint density at radius 1 is 1.05 bits per heavy atom. The molecule has 0 aromatic heterocycles. The minimum absolute atomic E-state index is 0.0389. The minimum atomic E-state index is -0.562. The first-order valence-electron chi connectivity index (χ1n) is 8.79. The maximum atomic E-state index is 11.0. The summed E-state index contributed by atoms with van der Waals surface area (Å²) in [5, 5.41) is 9.08. The van der Waals surface area contributed by atoms with Gasteiger partial charge in [-0.15, -0.1) is 0 Å². The van der Waals surface area contributed by atoms with Crippen molar-refractivity contribution in [1.29, 1.82) is 0 Å². The van der Waals surface area contributed by atoms with Crippen LogP contribution in [0.5, 0.6) is 0 Å². The molecule has 0 unspecified atom stereocenters. The predicted octanol–water partition coefficient (Wildman–Crippen LogP) is 4.56. The molecule has 0 aromatic carbocycles. The lowest BCUT2D eigenvalue weighted by atomic mass is 9.74. The fourth-order valence-corrected chi connectivity index (χ4v) is 8.16. The summed E-state index contributed by atoms with van der Waals surface area (Å²) in [7, 11) is -0.398. The van der Waals surface area contributed by atoms with Crippen molar-refractivity contribution in [2.75, 3.05) is 0 Å². The summed E-state index contributed by atoms with van der Waals surface area (Å²) in [6.07, 6.45) is 8.62. The second-order valence-corrected chi connectivity index (χ2v) is 11.2. The molecule has 0 aromatic rings. The van der Waals surface area contributed by atoms with Crippen LogP contribution in [0.2, 0.25) is 18.1 Å². The van der Waals surface area contributed by atoms with Gasteiger partial charge < -0.3 is 5.11 Å². The number of rotatable bonds is 5. The maximum absolute atomic E-state index is 11.0. The minimum Gasteiger partial charge on any atom is -0.481 e. The Morgan fingerprint density at radius 3 is 2.10 bits per heavy atom. The van der Waals surface area contributed by atoms with Crippen LogP contribution in [0.4, 0.5) is 0 Å². The van der Waals surface area contributed by atoms with E-state index < -0.39 is 14.8 Å². The highest BCUT2D eigenvalue weighted by Crippen LogP contribution is 2.41. The van der Waals surface area contributed by atoms with Crippen molar-refractivity contribution in [3.63, 3.8) is 0 Å². The van der Waals surface area contributed by atoms with E-state index in [1.165, 1.54) is 32.1 Å². The number of carbonyl (C=O) groups is 1. The zero-order chi connectivity index (χ0) is 14.5. The Balaban J connectivity index is 1.68. The molecule has 0 amide bonds. The third-order valence-corrected chi connectivity index (χ3v) is 9.28. The first-order valence-corrected chi connectivity index (χ1v) is 11.2. The topological polar surface area (TPSA) is 37.3 Å². The van der Waals surface area contributed by atoms with E-state index in [0.717, 1.165) is 30.6 Å². The molecule has 1 aliphatic carbocycles. The number of carboxylic acid groups (broad SMARTS) is 1. The molecule has 0 spiro atoms. The van der Waals surface area contributed by atoms with E-state index in [9.17, 15) is 4.79 Å². The van der Waals surface area contributed by atoms with Crippen LogP contribution in [-0.4, -0.2) is 19.9 Å². The third-order valence-electron chi connectivity index (χ3n) is 5.83. The predicted molar refractivity (Wildman–Crippen MR) is 86.8 cm³/mol. The van der Waals surface area contributed by atoms with Crippen molar-refractivity contribution in [3.8, 4) is 0 Å². The van der Waals surface area contributed by atoms with Gasteiger partial charge in [-0.25, -0.2) is 0 Å². The van der Waals surface area contributed by atoms with E-state index in [2.05, 4.69) is 13.8 Å². The van der Waals surface area contributed by atoms with E-state index in [-0.39, 0.29) is 5.92 Å². The van der Waals surface area contributed by atoms with Crippen molar-refractivity contribution in [1.82, 2.24) is 0 Å². The zero-order valence-electron chi connectivity index (χ0n) is 13.3. The summed E-state index contributed by atoms with van der Waals surface area (Å²) in [5.74, 6) is 2.07. The third kappa shape index (κ3) is 4.61. The normalized spacial score (nSPS) is 35.1. The van der Waals surface area contributed by atoms with Gasteiger partial charge in [-0.2, -0.15) is 0 Å². The molecule has 1 N–H and O–H groups in total. The van der Waals surface area contributed by atoms with Gasteiger partial charge in [-0.3, -0.25) is 4.79 Å². The first-order chi connectivity index (χ1) is 9.56. The maximum Gasteiger partial charge on any atom is 0.306 e. The van der Waals surface area contributed by atoms with Gasteiger partial charge in [0.05, 0.1) is 5.92 Å². The molecule has 1 heterocycles. The summed E-state index contributed by atoms with van der Waals surface area (Å²) >= 11 is 0. The van der Waals surface area contributed by atoms with Crippen LogP contribution < -0.4 is 0 Å². The van der Waals surface area contributed by atoms with E-state index >= 15 is 0 Å². The van der Waals surface area contributed by atoms with Crippen LogP contribution >= 0.6 is 0 Å². The van der Waals surface area contributed by atoms with Crippen LogP contribution in [-0.2, 0) is 4.79 Å². The van der Waals surface area contributed by atoms with Gasteiger partial charge in [0.15, 0.2) is 0 Å². The molecule has 1 aliphatic heterocycles.